The van der Waals surface area contributed by atoms with Crippen LogP contribution in [0.4, 0.5) is 0 Å². The van der Waals surface area contributed by atoms with Gasteiger partial charge in [0.2, 0.25) is 5.78 Å². The van der Waals surface area contributed by atoms with Crippen molar-refractivity contribution in [2.45, 2.75) is 32.8 Å². The van der Waals surface area contributed by atoms with Crippen LogP contribution >= 0.6 is 0 Å². The number of phenols is 2. The first-order valence-corrected chi connectivity index (χ1v) is 7.66. The van der Waals surface area contributed by atoms with Crippen LogP contribution in [0.1, 0.15) is 53.0 Å². The molecule has 0 saturated carbocycles. The predicted molar refractivity (Wildman–Crippen MR) is 89.5 cm³/mol. The minimum atomic E-state index is -0.980. The molecule has 1 atom stereocenters. The molecule has 0 aromatic heterocycles. The third kappa shape index (κ3) is 4.13. The number of ether oxygens (including phenoxy) is 1. The Morgan fingerprint density at radius 3 is 1.92 bits per heavy atom. The molecule has 126 valence electrons. The summed E-state index contributed by atoms with van der Waals surface area (Å²) >= 11 is 0. The fourth-order valence-corrected chi connectivity index (χ4v) is 2.26. The summed E-state index contributed by atoms with van der Waals surface area (Å²) in [5, 5.41) is 18.8. The number of rotatable bonds is 5. The normalized spacial score (nSPS) is 12.0. The first-order chi connectivity index (χ1) is 11.3. The number of carbonyl (C=O) groups excluding carboxylic acids is 2. The zero-order valence-electron chi connectivity index (χ0n) is 13.8. The van der Waals surface area contributed by atoms with Crippen molar-refractivity contribution in [3.05, 3.63) is 59.2 Å². The second kappa shape index (κ2) is 7.17. The van der Waals surface area contributed by atoms with Gasteiger partial charge < -0.3 is 14.9 Å². The largest absolute Gasteiger partial charge is 0.508 e. The van der Waals surface area contributed by atoms with E-state index >= 15 is 0 Å². The van der Waals surface area contributed by atoms with E-state index in [1.165, 1.54) is 6.92 Å². The summed E-state index contributed by atoms with van der Waals surface area (Å²) in [5.41, 5.74) is 1.55. The predicted octanol–water partition coefficient (Wildman–Crippen LogP) is 3.65. The molecular formula is C19H20O5. The lowest BCUT2D eigenvalue weighted by Gasteiger charge is -2.13. The van der Waals surface area contributed by atoms with Crippen LogP contribution in [0.2, 0.25) is 0 Å². The molecule has 2 N–H and O–H groups in total. The highest BCUT2D eigenvalue weighted by Gasteiger charge is 2.21. The average molecular weight is 328 g/mol. The quantitative estimate of drug-likeness (QED) is 0.646. The smallest absolute Gasteiger partial charge is 0.339 e. The van der Waals surface area contributed by atoms with Crippen LogP contribution in [0.3, 0.4) is 0 Å². The van der Waals surface area contributed by atoms with Gasteiger partial charge in [0.15, 0.2) is 6.10 Å². The van der Waals surface area contributed by atoms with Crippen LogP contribution in [0.15, 0.2) is 42.5 Å². The van der Waals surface area contributed by atoms with E-state index in [2.05, 4.69) is 13.8 Å². The van der Waals surface area contributed by atoms with Crippen LogP contribution in [0.25, 0.3) is 0 Å². The van der Waals surface area contributed by atoms with Crippen molar-refractivity contribution < 1.29 is 24.5 Å². The van der Waals surface area contributed by atoms with Gasteiger partial charge in [0, 0.05) is 11.6 Å². The van der Waals surface area contributed by atoms with Gasteiger partial charge in [-0.05, 0) is 30.5 Å². The Balaban J connectivity index is 2.09. The van der Waals surface area contributed by atoms with E-state index in [0.717, 1.165) is 23.8 Å². The summed E-state index contributed by atoms with van der Waals surface area (Å²) in [6.45, 7) is 5.61. The van der Waals surface area contributed by atoms with Gasteiger partial charge >= 0.3 is 5.97 Å². The lowest BCUT2D eigenvalue weighted by atomic mass is 9.99. The molecule has 1 unspecified atom stereocenters. The van der Waals surface area contributed by atoms with Gasteiger partial charge in [0.05, 0.1) is 5.56 Å². The summed E-state index contributed by atoms with van der Waals surface area (Å²) in [5.74, 6) is -1.26. The number of ketones is 1. The Morgan fingerprint density at radius 2 is 1.42 bits per heavy atom. The molecule has 0 aliphatic rings. The first-order valence-electron chi connectivity index (χ1n) is 7.66. The average Bonchev–Trinajstić information content (AvgIpc) is 2.53. The summed E-state index contributed by atoms with van der Waals surface area (Å²) in [6.07, 6.45) is -0.980. The maximum Gasteiger partial charge on any atom is 0.339 e. The number of Topliss-reactive ketones (excluding diaryl/α,β-unsaturated/α-hetero) is 1. The molecule has 2 aromatic carbocycles. The van der Waals surface area contributed by atoms with Gasteiger partial charge in [0.1, 0.15) is 11.5 Å². The molecule has 2 aromatic rings. The van der Waals surface area contributed by atoms with Crippen molar-refractivity contribution in [1.29, 1.82) is 0 Å². The molecule has 24 heavy (non-hydrogen) atoms. The van der Waals surface area contributed by atoms with Gasteiger partial charge in [-0.3, -0.25) is 4.79 Å². The molecule has 2 rings (SSSR count). The second-order valence-corrected chi connectivity index (χ2v) is 5.93. The Labute approximate surface area is 140 Å². The SMILES string of the molecule is CC(OC(=O)c1cc(O)cc(O)c1)C(=O)c1ccc(C(C)C)cc1. The molecule has 0 fully saturated rings. The summed E-state index contributed by atoms with van der Waals surface area (Å²) in [4.78, 5) is 24.4. The van der Waals surface area contributed by atoms with E-state index < -0.39 is 12.1 Å². The highest BCUT2D eigenvalue weighted by Crippen LogP contribution is 2.22. The number of phenolic OH excluding ortho intramolecular Hbond substituents is 2. The van der Waals surface area contributed by atoms with Crippen molar-refractivity contribution in [3.8, 4) is 11.5 Å². The molecular weight excluding hydrogens is 308 g/mol. The maximum absolute atomic E-state index is 12.4. The minimum absolute atomic E-state index is 0.0256. The molecule has 0 radical (unpaired) electrons. The van der Waals surface area contributed by atoms with Crippen molar-refractivity contribution in [2.24, 2.45) is 0 Å². The van der Waals surface area contributed by atoms with E-state index in [0.29, 0.717) is 11.5 Å². The highest BCUT2D eigenvalue weighted by molar-refractivity contribution is 6.01. The standard InChI is InChI=1S/C19H20O5/c1-11(2)13-4-6-14(7-5-13)18(22)12(3)24-19(23)15-8-16(20)10-17(21)9-15/h4-12,20-21H,1-3H3. The molecule has 0 bridgehead atoms. The zero-order chi connectivity index (χ0) is 17.9. The Hall–Kier alpha value is -2.82. The number of esters is 1. The van der Waals surface area contributed by atoms with E-state index in [4.69, 9.17) is 4.74 Å². The third-order valence-electron chi connectivity index (χ3n) is 3.65. The third-order valence-corrected chi connectivity index (χ3v) is 3.65. The molecule has 5 nitrogen and oxygen atoms in total. The Morgan fingerprint density at radius 1 is 0.875 bits per heavy atom. The Bertz CT molecular complexity index is 727. The van der Waals surface area contributed by atoms with Crippen molar-refractivity contribution in [2.75, 3.05) is 0 Å². The van der Waals surface area contributed by atoms with E-state index in [9.17, 15) is 19.8 Å². The number of hydrogen-bond donors (Lipinski definition) is 2. The Kier molecular flexibility index (Phi) is 5.24. The number of benzene rings is 2. The molecule has 0 saturated heterocycles. The summed E-state index contributed by atoms with van der Waals surface area (Å²) in [6, 6.07) is 10.6. The summed E-state index contributed by atoms with van der Waals surface area (Å²) in [7, 11) is 0. The van der Waals surface area contributed by atoms with E-state index in [-0.39, 0.29) is 22.8 Å². The van der Waals surface area contributed by atoms with Crippen LogP contribution in [0.5, 0.6) is 11.5 Å². The lowest BCUT2D eigenvalue weighted by molar-refractivity contribution is 0.0318. The maximum atomic E-state index is 12.4. The molecule has 0 aliphatic carbocycles. The van der Waals surface area contributed by atoms with Crippen LogP contribution < -0.4 is 0 Å². The number of hydrogen-bond acceptors (Lipinski definition) is 5. The van der Waals surface area contributed by atoms with Crippen LogP contribution in [0, 0.1) is 0 Å². The van der Waals surface area contributed by atoms with E-state index in [1.54, 1.807) is 12.1 Å². The van der Waals surface area contributed by atoms with Gasteiger partial charge in [-0.2, -0.15) is 0 Å². The monoisotopic (exact) mass is 328 g/mol. The lowest BCUT2D eigenvalue weighted by Crippen LogP contribution is -2.24. The highest BCUT2D eigenvalue weighted by atomic mass is 16.5. The van der Waals surface area contributed by atoms with Gasteiger partial charge in [0.25, 0.3) is 0 Å². The summed E-state index contributed by atoms with van der Waals surface area (Å²) < 4.78 is 5.13. The second-order valence-electron chi connectivity index (χ2n) is 5.93. The first kappa shape index (κ1) is 17.5. The van der Waals surface area contributed by atoms with Crippen molar-refractivity contribution in [3.63, 3.8) is 0 Å². The zero-order valence-corrected chi connectivity index (χ0v) is 13.8. The molecule has 0 aliphatic heterocycles. The fourth-order valence-electron chi connectivity index (χ4n) is 2.26. The minimum Gasteiger partial charge on any atom is -0.508 e. The number of aromatic hydroxyl groups is 2. The molecule has 0 amide bonds. The van der Waals surface area contributed by atoms with Crippen molar-refractivity contribution in [1.82, 2.24) is 0 Å². The number of carbonyl (C=O) groups is 2. The van der Waals surface area contributed by atoms with Crippen LogP contribution in [-0.4, -0.2) is 28.1 Å². The van der Waals surface area contributed by atoms with Gasteiger partial charge in [-0.15, -0.1) is 0 Å². The molecule has 0 heterocycles. The topological polar surface area (TPSA) is 83.8 Å². The molecule has 0 spiro atoms. The molecule has 5 heteroatoms. The van der Waals surface area contributed by atoms with Gasteiger partial charge in [-0.1, -0.05) is 38.1 Å². The van der Waals surface area contributed by atoms with Crippen LogP contribution in [-0.2, 0) is 4.74 Å². The van der Waals surface area contributed by atoms with E-state index in [1.807, 2.05) is 12.1 Å². The van der Waals surface area contributed by atoms with Crippen molar-refractivity contribution >= 4 is 11.8 Å². The van der Waals surface area contributed by atoms with Gasteiger partial charge in [-0.25, -0.2) is 4.79 Å². The fraction of sp³-hybridized carbons (Fsp3) is 0.263.